The van der Waals surface area contributed by atoms with Crippen molar-refractivity contribution >= 4 is 0 Å². The van der Waals surface area contributed by atoms with Crippen LogP contribution in [0.5, 0.6) is 0 Å². The molecule has 3 heteroatoms. The topological polar surface area (TPSA) is 24.5 Å². The molecule has 1 aliphatic rings. The zero-order chi connectivity index (χ0) is 15.2. The molecule has 0 spiro atoms. The molecule has 2 rings (SSSR count). The van der Waals surface area contributed by atoms with Crippen LogP contribution in [-0.2, 0) is 11.3 Å². The van der Waals surface area contributed by atoms with E-state index in [4.69, 9.17) is 4.74 Å². The van der Waals surface area contributed by atoms with E-state index in [-0.39, 0.29) is 0 Å². The predicted octanol–water partition coefficient (Wildman–Crippen LogP) is 2.81. The van der Waals surface area contributed by atoms with Gasteiger partial charge in [0.25, 0.3) is 0 Å². The summed E-state index contributed by atoms with van der Waals surface area (Å²) in [6.07, 6.45) is 2.61. The molecule has 0 aromatic heterocycles. The lowest BCUT2D eigenvalue weighted by molar-refractivity contribution is 0.138. The lowest BCUT2D eigenvalue weighted by Crippen LogP contribution is -2.39. The fourth-order valence-electron chi connectivity index (χ4n) is 3.36. The summed E-state index contributed by atoms with van der Waals surface area (Å²) >= 11 is 0. The average molecular weight is 290 g/mol. The third kappa shape index (κ3) is 4.80. The lowest BCUT2D eigenvalue weighted by atomic mass is 9.99. The Labute approximate surface area is 129 Å². The summed E-state index contributed by atoms with van der Waals surface area (Å²) in [5, 5.41) is 3.61. The largest absolute Gasteiger partial charge is 0.383 e. The van der Waals surface area contributed by atoms with Gasteiger partial charge >= 0.3 is 0 Å². The fraction of sp³-hybridized carbons (Fsp3) is 0.667. The van der Waals surface area contributed by atoms with Crippen molar-refractivity contribution in [3.05, 3.63) is 34.4 Å². The summed E-state index contributed by atoms with van der Waals surface area (Å²) in [7, 11) is 1.79. The number of rotatable bonds is 7. The smallest absolute Gasteiger partial charge is 0.0589 e. The first-order valence-electron chi connectivity index (χ1n) is 8.11. The second-order valence-electron chi connectivity index (χ2n) is 6.40. The molecule has 0 bridgehead atoms. The number of hydrogen-bond donors (Lipinski definition) is 1. The molecule has 1 aromatic rings. The molecule has 0 saturated carbocycles. The van der Waals surface area contributed by atoms with Crippen molar-refractivity contribution in [3.8, 4) is 0 Å². The van der Waals surface area contributed by atoms with E-state index >= 15 is 0 Å². The molecule has 21 heavy (non-hydrogen) atoms. The van der Waals surface area contributed by atoms with Gasteiger partial charge in [0.2, 0.25) is 0 Å². The van der Waals surface area contributed by atoms with E-state index in [1.165, 1.54) is 41.6 Å². The Morgan fingerprint density at radius 1 is 1.24 bits per heavy atom. The van der Waals surface area contributed by atoms with Crippen LogP contribution in [0.2, 0.25) is 0 Å². The molecule has 1 aliphatic heterocycles. The Morgan fingerprint density at radius 2 is 1.95 bits per heavy atom. The molecule has 0 amide bonds. The van der Waals surface area contributed by atoms with Crippen LogP contribution < -0.4 is 5.32 Å². The van der Waals surface area contributed by atoms with Crippen molar-refractivity contribution in [3.63, 3.8) is 0 Å². The van der Waals surface area contributed by atoms with Crippen LogP contribution >= 0.6 is 0 Å². The van der Waals surface area contributed by atoms with E-state index in [0.717, 1.165) is 26.2 Å². The SMILES string of the molecule is COCCN(Cc1c(C)cc(C)cc1C)CC1CCCN1. The van der Waals surface area contributed by atoms with Gasteiger partial charge in [0.15, 0.2) is 0 Å². The number of nitrogens with zero attached hydrogens (tertiary/aromatic N) is 1. The van der Waals surface area contributed by atoms with E-state index < -0.39 is 0 Å². The number of methoxy groups -OCH3 is 1. The molecule has 1 fully saturated rings. The van der Waals surface area contributed by atoms with Gasteiger partial charge in [-0.05, 0) is 56.8 Å². The van der Waals surface area contributed by atoms with Gasteiger partial charge in [-0.15, -0.1) is 0 Å². The lowest BCUT2D eigenvalue weighted by Gasteiger charge is -2.27. The molecule has 1 saturated heterocycles. The summed E-state index contributed by atoms with van der Waals surface area (Å²) in [4.78, 5) is 2.54. The van der Waals surface area contributed by atoms with Gasteiger partial charge in [0.1, 0.15) is 0 Å². The molecule has 3 nitrogen and oxygen atoms in total. The van der Waals surface area contributed by atoms with E-state index in [9.17, 15) is 0 Å². The number of hydrogen-bond acceptors (Lipinski definition) is 3. The first-order valence-corrected chi connectivity index (χ1v) is 8.11. The minimum Gasteiger partial charge on any atom is -0.383 e. The van der Waals surface area contributed by atoms with Crippen molar-refractivity contribution in [2.24, 2.45) is 0 Å². The summed E-state index contributed by atoms with van der Waals surface area (Å²) in [5.74, 6) is 0. The van der Waals surface area contributed by atoms with E-state index in [1.54, 1.807) is 7.11 Å². The predicted molar refractivity (Wildman–Crippen MR) is 88.8 cm³/mol. The van der Waals surface area contributed by atoms with E-state index in [0.29, 0.717) is 6.04 Å². The first-order chi connectivity index (χ1) is 10.1. The summed E-state index contributed by atoms with van der Waals surface area (Å²) in [5.41, 5.74) is 5.66. The second kappa shape index (κ2) is 7.92. The zero-order valence-electron chi connectivity index (χ0n) is 14.0. The average Bonchev–Trinajstić information content (AvgIpc) is 2.92. The van der Waals surface area contributed by atoms with Crippen LogP contribution in [-0.4, -0.2) is 44.3 Å². The van der Waals surface area contributed by atoms with Crippen LogP contribution in [0.3, 0.4) is 0 Å². The highest BCUT2D eigenvalue weighted by atomic mass is 16.5. The van der Waals surface area contributed by atoms with Crippen molar-refractivity contribution in [1.82, 2.24) is 10.2 Å². The van der Waals surface area contributed by atoms with Crippen molar-refractivity contribution in [1.29, 1.82) is 0 Å². The number of nitrogens with one attached hydrogen (secondary N) is 1. The summed E-state index contributed by atoms with van der Waals surface area (Å²) in [6.45, 7) is 11.8. The molecule has 1 aromatic carbocycles. The van der Waals surface area contributed by atoms with Gasteiger partial charge in [0, 0.05) is 32.8 Å². The molecular weight excluding hydrogens is 260 g/mol. The van der Waals surface area contributed by atoms with Crippen molar-refractivity contribution < 1.29 is 4.74 Å². The fourth-order valence-corrected chi connectivity index (χ4v) is 3.36. The third-order valence-corrected chi connectivity index (χ3v) is 4.47. The second-order valence-corrected chi connectivity index (χ2v) is 6.40. The van der Waals surface area contributed by atoms with Crippen molar-refractivity contribution in [2.45, 2.75) is 46.2 Å². The maximum atomic E-state index is 5.29. The highest BCUT2D eigenvalue weighted by Gasteiger charge is 2.19. The highest BCUT2D eigenvalue weighted by molar-refractivity contribution is 5.37. The van der Waals surface area contributed by atoms with Gasteiger partial charge in [-0.3, -0.25) is 4.90 Å². The Hall–Kier alpha value is -0.900. The Kier molecular flexibility index (Phi) is 6.22. The molecule has 0 radical (unpaired) electrons. The normalized spacial score (nSPS) is 18.6. The molecule has 1 atom stereocenters. The van der Waals surface area contributed by atoms with Crippen LogP contribution in [0.4, 0.5) is 0 Å². The molecular formula is C18H30N2O. The quantitative estimate of drug-likeness (QED) is 0.836. The summed E-state index contributed by atoms with van der Waals surface area (Å²) in [6, 6.07) is 5.24. The minimum absolute atomic E-state index is 0.646. The highest BCUT2D eigenvalue weighted by Crippen LogP contribution is 2.19. The molecule has 1 heterocycles. The number of benzene rings is 1. The van der Waals surface area contributed by atoms with Gasteiger partial charge in [0.05, 0.1) is 6.61 Å². The van der Waals surface area contributed by atoms with E-state index in [1.807, 2.05) is 0 Å². The minimum atomic E-state index is 0.646. The molecule has 1 unspecified atom stereocenters. The Bertz CT molecular complexity index is 430. The molecule has 118 valence electrons. The van der Waals surface area contributed by atoms with Crippen LogP contribution in [0, 0.1) is 20.8 Å². The summed E-state index contributed by atoms with van der Waals surface area (Å²) < 4.78 is 5.29. The number of aryl methyl sites for hydroxylation is 3. The van der Waals surface area contributed by atoms with E-state index in [2.05, 4.69) is 43.1 Å². The Balaban J connectivity index is 2.06. The first kappa shape index (κ1) is 16.5. The van der Waals surface area contributed by atoms with Crippen LogP contribution in [0.1, 0.15) is 35.1 Å². The monoisotopic (exact) mass is 290 g/mol. The molecule has 1 N–H and O–H groups in total. The maximum Gasteiger partial charge on any atom is 0.0589 e. The number of ether oxygens (including phenoxy) is 1. The van der Waals surface area contributed by atoms with Gasteiger partial charge in [-0.2, -0.15) is 0 Å². The van der Waals surface area contributed by atoms with Gasteiger partial charge in [-0.25, -0.2) is 0 Å². The van der Waals surface area contributed by atoms with Gasteiger partial charge < -0.3 is 10.1 Å². The zero-order valence-corrected chi connectivity index (χ0v) is 14.0. The third-order valence-electron chi connectivity index (χ3n) is 4.47. The van der Waals surface area contributed by atoms with Crippen LogP contribution in [0.15, 0.2) is 12.1 Å². The van der Waals surface area contributed by atoms with Crippen LogP contribution in [0.25, 0.3) is 0 Å². The maximum absolute atomic E-state index is 5.29. The standard InChI is InChI=1S/C18H30N2O/c1-14-10-15(2)18(16(3)11-14)13-20(8-9-21-4)12-17-6-5-7-19-17/h10-11,17,19H,5-9,12-13H2,1-4H3. The molecule has 0 aliphatic carbocycles. The Morgan fingerprint density at radius 3 is 2.52 bits per heavy atom. The van der Waals surface area contributed by atoms with Crippen molar-refractivity contribution in [2.75, 3.05) is 33.4 Å². The van der Waals surface area contributed by atoms with Gasteiger partial charge in [-0.1, -0.05) is 17.7 Å².